The molecule has 0 unspecified atom stereocenters. The Morgan fingerprint density at radius 3 is 2.63 bits per heavy atom. The van der Waals surface area contributed by atoms with Gasteiger partial charge in [-0.15, -0.1) is 10.2 Å². The minimum Gasteiger partial charge on any atom is -0.485 e. The Balaban J connectivity index is 1.37. The smallest absolute Gasteiger partial charge is 0.230 e. The number of benzene rings is 2. The predicted octanol–water partition coefficient (Wildman–Crippen LogP) is 4.96. The van der Waals surface area contributed by atoms with Crippen molar-refractivity contribution in [1.29, 1.82) is 0 Å². The van der Waals surface area contributed by atoms with Crippen LogP contribution in [0.5, 0.6) is 5.75 Å². The van der Waals surface area contributed by atoms with Gasteiger partial charge in [0.2, 0.25) is 5.91 Å². The third-order valence-corrected chi connectivity index (χ3v) is 7.25. The molecule has 0 atom stereocenters. The summed E-state index contributed by atoms with van der Waals surface area (Å²) in [4.78, 5) is 12.4. The second kappa shape index (κ2) is 13.3. The summed E-state index contributed by atoms with van der Waals surface area (Å²) in [5.74, 6) is 2.46. The number of rotatable bonds is 12. The van der Waals surface area contributed by atoms with E-state index in [9.17, 15) is 4.79 Å². The maximum atomic E-state index is 12.4. The SMILES string of the molecule is COCCn1c(COc2ccccc2-c2ccccc2)nnc1SCC(=O)NCC1CCCCC1. The highest BCUT2D eigenvalue weighted by Crippen LogP contribution is 2.30. The van der Waals surface area contributed by atoms with E-state index in [0.717, 1.165) is 23.4 Å². The summed E-state index contributed by atoms with van der Waals surface area (Å²) >= 11 is 1.40. The monoisotopic (exact) mass is 494 g/mol. The van der Waals surface area contributed by atoms with Crippen molar-refractivity contribution in [1.82, 2.24) is 20.1 Å². The van der Waals surface area contributed by atoms with Crippen LogP contribution in [-0.4, -0.2) is 46.7 Å². The first-order valence-corrected chi connectivity index (χ1v) is 13.3. The van der Waals surface area contributed by atoms with Crippen molar-refractivity contribution in [3.05, 3.63) is 60.4 Å². The minimum absolute atomic E-state index is 0.0384. The Morgan fingerprint density at radius 2 is 1.83 bits per heavy atom. The van der Waals surface area contributed by atoms with E-state index in [1.54, 1.807) is 7.11 Å². The number of methoxy groups -OCH3 is 1. The highest BCUT2D eigenvalue weighted by Gasteiger charge is 2.17. The van der Waals surface area contributed by atoms with Gasteiger partial charge >= 0.3 is 0 Å². The molecular formula is C27H34N4O3S. The first kappa shape index (κ1) is 25.3. The van der Waals surface area contributed by atoms with E-state index in [1.165, 1.54) is 43.9 Å². The van der Waals surface area contributed by atoms with Crippen LogP contribution >= 0.6 is 11.8 Å². The summed E-state index contributed by atoms with van der Waals surface area (Å²) in [6.07, 6.45) is 6.31. The Hall–Kier alpha value is -2.84. The number of thioether (sulfide) groups is 1. The third kappa shape index (κ3) is 7.32. The van der Waals surface area contributed by atoms with Crippen molar-refractivity contribution in [3.8, 4) is 16.9 Å². The lowest BCUT2D eigenvalue weighted by Crippen LogP contribution is -2.31. The molecule has 8 heteroatoms. The zero-order chi connectivity index (χ0) is 24.3. The molecule has 3 aromatic rings. The van der Waals surface area contributed by atoms with Crippen molar-refractivity contribution in [2.75, 3.05) is 26.0 Å². The highest BCUT2D eigenvalue weighted by molar-refractivity contribution is 7.99. The number of carbonyl (C=O) groups excluding carboxylic acids is 1. The number of carbonyl (C=O) groups is 1. The van der Waals surface area contributed by atoms with E-state index in [1.807, 2.05) is 47.0 Å². The summed E-state index contributed by atoms with van der Waals surface area (Å²) in [6, 6.07) is 18.1. The van der Waals surface area contributed by atoms with Gasteiger partial charge in [-0.05, 0) is 30.4 Å². The number of hydrogen-bond acceptors (Lipinski definition) is 6. The minimum atomic E-state index is 0.0384. The maximum absolute atomic E-state index is 12.4. The molecule has 0 aliphatic heterocycles. The van der Waals surface area contributed by atoms with Crippen LogP contribution in [-0.2, 0) is 22.7 Å². The molecule has 0 saturated heterocycles. The van der Waals surface area contributed by atoms with Gasteiger partial charge in [0, 0.05) is 25.8 Å². The van der Waals surface area contributed by atoms with E-state index < -0.39 is 0 Å². The van der Waals surface area contributed by atoms with Crippen molar-refractivity contribution < 1.29 is 14.3 Å². The van der Waals surface area contributed by atoms with Gasteiger partial charge < -0.3 is 19.4 Å². The normalized spacial score (nSPS) is 14.1. The largest absolute Gasteiger partial charge is 0.485 e. The summed E-state index contributed by atoms with van der Waals surface area (Å²) in [7, 11) is 1.67. The lowest BCUT2D eigenvalue weighted by Gasteiger charge is -2.21. The van der Waals surface area contributed by atoms with Gasteiger partial charge in [0.1, 0.15) is 12.4 Å². The molecule has 1 aliphatic rings. The van der Waals surface area contributed by atoms with Crippen LogP contribution in [0.4, 0.5) is 0 Å². The maximum Gasteiger partial charge on any atom is 0.230 e. The molecule has 2 aromatic carbocycles. The fourth-order valence-corrected chi connectivity index (χ4v) is 5.17. The van der Waals surface area contributed by atoms with E-state index in [-0.39, 0.29) is 12.5 Å². The summed E-state index contributed by atoms with van der Waals surface area (Å²) < 4.78 is 13.5. The van der Waals surface area contributed by atoms with Crippen LogP contribution in [0.15, 0.2) is 59.8 Å². The topological polar surface area (TPSA) is 78.3 Å². The number of aromatic nitrogens is 3. The van der Waals surface area contributed by atoms with Crippen molar-refractivity contribution in [2.24, 2.45) is 5.92 Å². The standard InChI is InChI=1S/C27H34N4O3S/c1-33-17-16-31-25(19-34-24-15-9-8-14-23(24)22-12-6-3-7-13-22)29-30-27(31)35-20-26(32)28-18-21-10-4-2-5-11-21/h3,6-9,12-15,21H,2,4-5,10-11,16-20H2,1H3,(H,28,32). The van der Waals surface area contributed by atoms with Crippen LogP contribution < -0.4 is 10.1 Å². The summed E-state index contributed by atoms with van der Waals surface area (Å²) in [5, 5.41) is 12.5. The Labute approximate surface area is 211 Å². The van der Waals surface area contributed by atoms with Gasteiger partial charge in [-0.2, -0.15) is 0 Å². The first-order chi connectivity index (χ1) is 17.2. The lowest BCUT2D eigenvalue weighted by molar-refractivity contribution is -0.118. The van der Waals surface area contributed by atoms with Gasteiger partial charge in [0.05, 0.1) is 12.4 Å². The molecule has 186 valence electrons. The second-order valence-corrected chi connectivity index (χ2v) is 9.73. The molecule has 4 rings (SSSR count). The summed E-state index contributed by atoms with van der Waals surface area (Å²) in [5.41, 5.74) is 2.12. The molecule has 1 aliphatic carbocycles. The molecule has 7 nitrogen and oxygen atoms in total. The van der Waals surface area contributed by atoms with Crippen LogP contribution in [0.25, 0.3) is 11.1 Å². The average Bonchev–Trinajstić information content (AvgIpc) is 3.31. The Kier molecular flexibility index (Phi) is 9.60. The molecular weight excluding hydrogens is 460 g/mol. The number of hydrogen-bond donors (Lipinski definition) is 1. The van der Waals surface area contributed by atoms with Crippen LogP contribution in [0.3, 0.4) is 0 Å². The van der Waals surface area contributed by atoms with Crippen molar-refractivity contribution >= 4 is 17.7 Å². The molecule has 0 radical (unpaired) electrons. The lowest BCUT2D eigenvalue weighted by atomic mass is 9.89. The molecule has 1 fully saturated rings. The van der Waals surface area contributed by atoms with Crippen LogP contribution in [0.2, 0.25) is 0 Å². The Bertz CT molecular complexity index is 1070. The molecule has 1 N–H and O–H groups in total. The van der Waals surface area contributed by atoms with Gasteiger partial charge in [-0.1, -0.05) is 79.6 Å². The van der Waals surface area contributed by atoms with E-state index >= 15 is 0 Å². The average molecular weight is 495 g/mol. The summed E-state index contributed by atoms with van der Waals surface area (Å²) in [6.45, 7) is 2.16. The van der Waals surface area contributed by atoms with Gasteiger partial charge in [-0.3, -0.25) is 4.79 Å². The number of nitrogens with one attached hydrogen (secondary N) is 1. The number of ether oxygens (including phenoxy) is 2. The van der Waals surface area contributed by atoms with Gasteiger partial charge in [-0.25, -0.2) is 0 Å². The van der Waals surface area contributed by atoms with Crippen LogP contribution in [0, 0.1) is 5.92 Å². The molecule has 0 bridgehead atoms. The molecule has 1 aromatic heterocycles. The zero-order valence-corrected chi connectivity index (χ0v) is 21.1. The highest BCUT2D eigenvalue weighted by atomic mass is 32.2. The molecule has 0 spiro atoms. The van der Waals surface area contributed by atoms with Crippen molar-refractivity contribution in [3.63, 3.8) is 0 Å². The molecule has 1 amide bonds. The van der Waals surface area contributed by atoms with Gasteiger partial charge in [0.15, 0.2) is 11.0 Å². The first-order valence-electron chi connectivity index (χ1n) is 12.3. The number of amides is 1. The van der Waals surface area contributed by atoms with Gasteiger partial charge in [0.25, 0.3) is 0 Å². The fraction of sp³-hybridized carbons (Fsp3) is 0.444. The predicted molar refractivity (Wildman–Crippen MR) is 138 cm³/mol. The Morgan fingerprint density at radius 1 is 1.06 bits per heavy atom. The number of para-hydroxylation sites is 1. The van der Waals surface area contributed by atoms with E-state index in [2.05, 4.69) is 27.6 Å². The van der Waals surface area contributed by atoms with Crippen molar-refractivity contribution in [2.45, 2.75) is 50.4 Å². The van der Waals surface area contributed by atoms with E-state index in [4.69, 9.17) is 9.47 Å². The quantitative estimate of drug-likeness (QED) is 0.359. The fourth-order valence-electron chi connectivity index (χ4n) is 4.36. The second-order valence-electron chi connectivity index (χ2n) is 8.79. The molecule has 1 saturated carbocycles. The van der Waals surface area contributed by atoms with E-state index in [0.29, 0.717) is 35.8 Å². The van der Waals surface area contributed by atoms with Crippen LogP contribution in [0.1, 0.15) is 37.9 Å². The molecule has 1 heterocycles. The zero-order valence-electron chi connectivity index (χ0n) is 20.3. The third-order valence-electron chi connectivity index (χ3n) is 6.29. The molecule has 35 heavy (non-hydrogen) atoms. The number of nitrogens with zero attached hydrogens (tertiary/aromatic N) is 3.